The van der Waals surface area contributed by atoms with Crippen LogP contribution in [0.1, 0.15) is 5.56 Å². The molecule has 0 saturated carbocycles. The van der Waals surface area contributed by atoms with Gasteiger partial charge in [-0.05, 0) is 30.0 Å². The smallest absolute Gasteiger partial charge is 0.0974 e. The average Bonchev–Trinajstić information content (AvgIpc) is 2.24. The van der Waals surface area contributed by atoms with Crippen molar-refractivity contribution in [2.75, 3.05) is 5.43 Å². The number of anilines is 1. The lowest BCUT2D eigenvalue weighted by molar-refractivity contribution is 1.12. The van der Waals surface area contributed by atoms with Crippen LogP contribution in [-0.2, 0) is 0 Å². The molecule has 0 bridgehead atoms. The van der Waals surface area contributed by atoms with Crippen molar-refractivity contribution >= 4 is 22.1 Å². The summed E-state index contributed by atoms with van der Waals surface area (Å²) < 4.78 is 0. The second-order valence-electron chi connectivity index (χ2n) is 3.44. The van der Waals surface area contributed by atoms with Crippen LogP contribution in [0.2, 0.25) is 0 Å². The minimum atomic E-state index is 0.944. The summed E-state index contributed by atoms with van der Waals surface area (Å²) in [5, 5.41) is 10.3. The Bertz CT molecular complexity index is 543. The zero-order valence-electron chi connectivity index (χ0n) is 7.78. The standard InChI is InChI=1S/C11H9N3/c1-7-5-6-10-11-8(7)3-2-4-9(11)12-14-13-10/h2-6H,1H3,(H,12,13). The highest BCUT2D eigenvalue weighted by Gasteiger charge is 2.10. The average molecular weight is 183 g/mol. The highest BCUT2D eigenvalue weighted by atomic mass is 15.4. The summed E-state index contributed by atoms with van der Waals surface area (Å²) in [7, 11) is 0. The van der Waals surface area contributed by atoms with Crippen LogP contribution in [0.15, 0.2) is 40.7 Å². The number of nitrogens with one attached hydrogen (secondary N) is 1. The summed E-state index contributed by atoms with van der Waals surface area (Å²) in [4.78, 5) is 0. The van der Waals surface area contributed by atoms with Crippen molar-refractivity contribution in [3.8, 4) is 0 Å². The van der Waals surface area contributed by atoms with Crippen LogP contribution in [-0.4, -0.2) is 0 Å². The van der Waals surface area contributed by atoms with Crippen molar-refractivity contribution in [2.45, 2.75) is 6.92 Å². The van der Waals surface area contributed by atoms with E-state index < -0.39 is 0 Å². The number of rotatable bonds is 0. The van der Waals surface area contributed by atoms with Crippen LogP contribution in [0, 0.1) is 6.92 Å². The molecular weight excluding hydrogens is 174 g/mol. The van der Waals surface area contributed by atoms with Crippen LogP contribution >= 0.6 is 0 Å². The summed E-state index contributed by atoms with van der Waals surface area (Å²) in [6.45, 7) is 2.11. The largest absolute Gasteiger partial charge is 0.259 e. The van der Waals surface area contributed by atoms with Gasteiger partial charge >= 0.3 is 0 Å². The summed E-state index contributed by atoms with van der Waals surface area (Å²) in [6, 6.07) is 10.2. The zero-order valence-corrected chi connectivity index (χ0v) is 7.78. The predicted molar refractivity (Wildman–Crippen MR) is 56.8 cm³/mol. The molecule has 14 heavy (non-hydrogen) atoms. The molecule has 0 fully saturated rings. The van der Waals surface area contributed by atoms with Crippen LogP contribution in [0.3, 0.4) is 0 Å². The molecule has 2 aromatic rings. The molecule has 0 saturated heterocycles. The van der Waals surface area contributed by atoms with E-state index in [1.54, 1.807) is 0 Å². The molecule has 0 aliphatic carbocycles. The lowest BCUT2D eigenvalue weighted by Gasteiger charge is -2.12. The maximum atomic E-state index is 4.07. The van der Waals surface area contributed by atoms with E-state index in [2.05, 4.69) is 34.8 Å². The van der Waals surface area contributed by atoms with Crippen LogP contribution < -0.4 is 5.43 Å². The molecule has 0 unspecified atom stereocenters. The van der Waals surface area contributed by atoms with Gasteiger partial charge in [-0.15, -0.1) is 5.11 Å². The van der Waals surface area contributed by atoms with Gasteiger partial charge in [0.05, 0.1) is 11.4 Å². The molecule has 1 aliphatic heterocycles. The molecule has 1 aliphatic rings. The van der Waals surface area contributed by atoms with Gasteiger partial charge in [0.1, 0.15) is 0 Å². The maximum absolute atomic E-state index is 4.07. The van der Waals surface area contributed by atoms with E-state index >= 15 is 0 Å². The second kappa shape index (κ2) is 2.54. The highest BCUT2D eigenvalue weighted by molar-refractivity contribution is 6.04. The normalized spacial score (nSPS) is 12.9. The Balaban J connectivity index is 2.56. The minimum absolute atomic E-state index is 0.944. The van der Waals surface area contributed by atoms with E-state index in [0.29, 0.717) is 0 Å². The van der Waals surface area contributed by atoms with Gasteiger partial charge < -0.3 is 0 Å². The van der Waals surface area contributed by atoms with E-state index in [-0.39, 0.29) is 0 Å². The molecule has 2 aromatic carbocycles. The quantitative estimate of drug-likeness (QED) is 0.665. The molecule has 3 rings (SSSR count). The minimum Gasteiger partial charge on any atom is -0.259 e. The van der Waals surface area contributed by atoms with E-state index in [4.69, 9.17) is 0 Å². The molecular formula is C11H9N3. The summed E-state index contributed by atoms with van der Waals surface area (Å²) in [5.41, 5.74) is 6.16. The van der Waals surface area contributed by atoms with Gasteiger partial charge in [0.25, 0.3) is 0 Å². The van der Waals surface area contributed by atoms with Crippen LogP contribution in [0.4, 0.5) is 11.4 Å². The molecule has 1 heterocycles. The van der Waals surface area contributed by atoms with Crippen molar-refractivity contribution in [1.82, 2.24) is 0 Å². The number of nitrogens with zero attached hydrogens (tertiary/aromatic N) is 2. The maximum Gasteiger partial charge on any atom is 0.0974 e. The third kappa shape index (κ3) is 0.865. The van der Waals surface area contributed by atoms with E-state index in [1.807, 2.05) is 18.2 Å². The number of hydrogen-bond acceptors (Lipinski definition) is 3. The number of hydrogen-bond donors (Lipinski definition) is 1. The predicted octanol–water partition coefficient (Wildman–Crippen LogP) is 3.57. The Morgan fingerprint density at radius 2 is 2.07 bits per heavy atom. The van der Waals surface area contributed by atoms with Gasteiger partial charge in [0.2, 0.25) is 0 Å². The highest BCUT2D eigenvalue weighted by Crippen LogP contribution is 2.36. The molecule has 68 valence electrons. The lowest BCUT2D eigenvalue weighted by atomic mass is 10.0. The lowest BCUT2D eigenvalue weighted by Crippen LogP contribution is -1.93. The molecule has 3 nitrogen and oxygen atoms in total. The van der Waals surface area contributed by atoms with Gasteiger partial charge in [-0.3, -0.25) is 5.43 Å². The van der Waals surface area contributed by atoms with E-state index in [9.17, 15) is 0 Å². The van der Waals surface area contributed by atoms with Gasteiger partial charge in [0, 0.05) is 5.39 Å². The SMILES string of the molecule is Cc1ccc2c3c(cccc13)NN=N2. The summed E-state index contributed by atoms with van der Waals surface area (Å²) in [6.07, 6.45) is 0. The van der Waals surface area contributed by atoms with Gasteiger partial charge in [-0.25, -0.2) is 0 Å². The topological polar surface area (TPSA) is 36.8 Å². The first-order valence-corrected chi connectivity index (χ1v) is 4.55. The van der Waals surface area contributed by atoms with E-state index in [0.717, 1.165) is 11.4 Å². The van der Waals surface area contributed by atoms with Gasteiger partial charge in [-0.2, -0.15) is 0 Å². The van der Waals surface area contributed by atoms with Crippen molar-refractivity contribution in [3.63, 3.8) is 0 Å². The van der Waals surface area contributed by atoms with Crippen molar-refractivity contribution in [3.05, 3.63) is 35.9 Å². The van der Waals surface area contributed by atoms with E-state index in [1.165, 1.54) is 16.3 Å². The molecule has 3 heteroatoms. The first-order valence-electron chi connectivity index (χ1n) is 4.55. The summed E-state index contributed by atoms with van der Waals surface area (Å²) in [5.74, 6) is 0. The monoisotopic (exact) mass is 183 g/mol. The zero-order chi connectivity index (χ0) is 9.54. The van der Waals surface area contributed by atoms with Crippen LogP contribution in [0.5, 0.6) is 0 Å². The first-order chi connectivity index (χ1) is 6.86. The Labute approximate surface area is 81.4 Å². The number of aryl methyl sites for hydroxylation is 1. The third-order valence-corrected chi connectivity index (χ3v) is 2.56. The molecule has 0 aromatic heterocycles. The van der Waals surface area contributed by atoms with Crippen molar-refractivity contribution in [2.24, 2.45) is 10.3 Å². The Morgan fingerprint density at radius 1 is 1.14 bits per heavy atom. The van der Waals surface area contributed by atoms with Crippen molar-refractivity contribution in [1.29, 1.82) is 0 Å². The third-order valence-electron chi connectivity index (χ3n) is 2.56. The fourth-order valence-electron chi connectivity index (χ4n) is 1.84. The Morgan fingerprint density at radius 3 is 3.00 bits per heavy atom. The van der Waals surface area contributed by atoms with Crippen molar-refractivity contribution < 1.29 is 0 Å². The van der Waals surface area contributed by atoms with Gasteiger partial charge in [-0.1, -0.05) is 23.4 Å². The molecule has 0 spiro atoms. The summed E-state index contributed by atoms with van der Waals surface area (Å²) >= 11 is 0. The molecule has 0 amide bonds. The Hall–Kier alpha value is -1.90. The second-order valence-corrected chi connectivity index (χ2v) is 3.44. The fraction of sp³-hybridized carbons (Fsp3) is 0.0909. The fourth-order valence-corrected chi connectivity index (χ4v) is 1.84. The molecule has 0 atom stereocenters. The Kier molecular flexibility index (Phi) is 1.36. The molecule has 0 radical (unpaired) electrons. The first kappa shape index (κ1) is 7.50. The van der Waals surface area contributed by atoms with Gasteiger partial charge in [0.15, 0.2) is 0 Å². The number of benzene rings is 2. The van der Waals surface area contributed by atoms with Crippen LogP contribution in [0.25, 0.3) is 10.8 Å². The molecule has 1 N–H and O–H groups in total.